The molecule has 2 heterocycles. The zero-order valence-electron chi connectivity index (χ0n) is 17.9. The number of carbonyl (C=O) groups excluding carboxylic acids is 2. The Morgan fingerprint density at radius 3 is 2.16 bits per heavy atom. The van der Waals surface area contributed by atoms with Gasteiger partial charge >= 0.3 is 0 Å². The minimum absolute atomic E-state index is 0.0188. The number of pyridine rings is 1. The molecule has 0 aliphatic carbocycles. The van der Waals surface area contributed by atoms with E-state index in [1.165, 1.54) is 4.90 Å². The fourth-order valence-electron chi connectivity index (χ4n) is 3.88. The monoisotopic (exact) mass is 430 g/mol. The van der Waals surface area contributed by atoms with E-state index in [-0.39, 0.29) is 11.3 Å². The van der Waals surface area contributed by atoms with Crippen LogP contribution in [0.15, 0.2) is 72.6 Å². The van der Waals surface area contributed by atoms with Crippen molar-refractivity contribution in [3.8, 4) is 11.5 Å². The van der Waals surface area contributed by atoms with Crippen LogP contribution in [0.1, 0.15) is 22.7 Å². The first-order chi connectivity index (χ1) is 15.5. The maximum atomic E-state index is 13.2. The molecule has 1 N–H and O–H groups in total. The summed E-state index contributed by atoms with van der Waals surface area (Å²) in [4.78, 5) is 31.7. The topological polar surface area (TPSA) is 89.0 Å². The third-order valence-corrected chi connectivity index (χ3v) is 5.51. The van der Waals surface area contributed by atoms with E-state index < -0.39 is 17.7 Å². The average Bonchev–Trinajstić information content (AvgIpc) is 3.09. The van der Waals surface area contributed by atoms with Gasteiger partial charge in [-0.2, -0.15) is 0 Å². The van der Waals surface area contributed by atoms with Crippen molar-refractivity contribution < 1.29 is 24.2 Å². The van der Waals surface area contributed by atoms with Gasteiger partial charge in [0.15, 0.2) is 0 Å². The van der Waals surface area contributed by atoms with Crippen LogP contribution in [0.2, 0.25) is 0 Å². The lowest BCUT2D eigenvalue weighted by Gasteiger charge is -2.25. The predicted octanol–water partition coefficient (Wildman–Crippen LogP) is 4.03. The number of methoxy groups -OCH3 is 2. The van der Waals surface area contributed by atoms with Crippen molar-refractivity contribution in [1.82, 2.24) is 4.98 Å². The van der Waals surface area contributed by atoms with Crippen molar-refractivity contribution in [1.29, 1.82) is 0 Å². The molecule has 1 amide bonds. The number of Topliss-reactive ketones (excluding diaryl/α,β-unsaturated/α-hetero) is 1. The minimum atomic E-state index is -0.812. The van der Waals surface area contributed by atoms with Gasteiger partial charge in [0.2, 0.25) is 0 Å². The lowest BCUT2D eigenvalue weighted by molar-refractivity contribution is -0.132. The molecule has 0 radical (unpaired) electrons. The number of hydrogen-bond acceptors (Lipinski definition) is 6. The Labute approximate surface area is 185 Å². The van der Waals surface area contributed by atoms with Crippen LogP contribution in [0.4, 0.5) is 5.69 Å². The Bertz CT molecular complexity index is 1200. The van der Waals surface area contributed by atoms with Crippen molar-refractivity contribution in [2.24, 2.45) is 0 Å². The zero-order valence-corrected chi connectivity index (χ0v) is 17.9. The van der Waals surface area contributed by atoms with E-state index in [4.69, 9.17) is 9.47 Å². The number of hydrogen-bond donors (Lipinski definition) is 1. The molecule has 0 spiro atoms. The molecular weight excluding hydrogens is 408 g/mol. The third-order valence-electron chi connectivity index (χ3n) is 5.51. The van der Waals surface area contributed by atoms with Crippen LogP contribution >= 0.6 is 0 Å². The second kappa shape index (κ2) is 8.55. The second-order valence-corrected chi connectivity index (χ2v) is 7.33. The van der Waals surface area contributed by atoms with E-state index >= 15 is 0 Å². The van der Waals surface area contributed by atoms with Gasteiger partial charge in [0, 0.05) is 23.6 Å². The summed E-state index contributed by atoms with van der Waals surface area (Å²) in [7, 11) is 3.10. The van der Waals surface area contributed by atoms with Crippen LogP contribution in [0.3, 0.4) is 0 Å². The van der Waals surface area contributed by atoms with Crippen molar-refractivity contribution in [3.63, 3.8) is 0 Å². The van der Waals surface area contributed by atoms with E-state index in [0.717, 1.165) is 0 Å². The maximum absolute atomic E-state index is 13.2. The molecule has 1 aliphatic heterocycles. The minimum Gasteiger partial charge on any atom is -0.507 e. The fourth-order valence-corrected chi connectivity index (χ4v) is 3.88. The van der Waals surface area contributed by atoms with Gasteiger partial charge < -0.3 is 14.6 Å². The molecule has 1 aromatic heterocycles. The number of amides is 1. The van der Waals surface area contributed by atoms with E-state index in [1.807, 2.05) is 0 Å². The summed E-state index contributed by atoms with van der Waals surface area (Å²) in [5.74, 6) is -0.454. The predicted molar refractivity (Wildman–Crippen MR) is 120 cm³/mol. The molecule has 2 aromatic carbocycles. The van der Waals surface area contributed by atoms with Crippen molar-refractivity contribution in [2.75, 3.05) is 19.1 Å². The lowest BCUT2D eigenvalue weighted by Crippen LogP contribution is -2.29. The van der Waals surface area contributed by atoms with Crippen LogP contribution in [-0.2, 0) is 9.59 Å². The van der Waals surface area contributed by atoms with Crippen LogP contribution in [0, 0.1) is 6.92 Å². The number of benzene rings is 2. The van der Waals surface area contributed by atoms with Gasteiger partial charge in [-0.05, 0) is 72.6 Å². The van der Waals surface area contributed by atoms with E-state index in [1.54, 1.807) is 88.1 Å². The Hall–Kier alpha value is -4.13. The highest BCUT2D eigenvalue weighted by Crippen LogP contribution is 2.42. The number of anilines is 1. The first kappa shape index (κ1) is 21.1. The van der Waals surface area contributed by atoms with E-state index in [2.05, 4.69) is 4.98 Å². The standard InChI is InChI=1S/C25H22N2O5/c1-15-14-19(32-3)8-9-20(15)23(28)21-22(16-10-12-26-13-11-16)27(25(30)24(21)29)17-4-6-18(31-2)7-5-17/h4-14,22,28H,1-3H3/b23-21-. The number of carbonyl (C=O) groups is 2. The first-order valence-electron chi connectivity index (χ1n) is 9.96. The number of aromatic nitrogens is 1. The Morgan fingerprint density at radius 2 is 1.56 bits per heavy atom. The number of aliphatic hydroxyl groups is 1. The Kier molecular flexibility index (Phi) is 5.64. The molecule has 1 unspecified atom stereocenters. The number of ether oxygens (including phenoxy) is 2. The van der Waals surface area contributed by atoms with Crippen LogP contribution in [0.5, 0.6) is 11.5 Å². The highest BCUT2D eigenvalue weighted by molar-refractivity contribution is 6.51. The molecule has 1 atom stereocenters. The SMILES string of the molecule is COc1ccc(N2C(=O)C(=O)/C(=C(\O)c3ccc(OC)cc3C)C2c2ccncc2)cc1. The highest BCUT2D eigenvalue weighted by atomic mass is 16.5. The molecule has 32 heavy (non-hydrogen) atoms. The van der Waals surface area contributed by atoms with Gasteiger partial charge in [0.25, 0.3) is 11.7 Å². The first-order valence-corrected chi connectivity index (χ1v) is 9.96. The van der Waals surface area contributed by atoms with Crippen LogP contribution in [-0.4, -0.2) is 36.0 Å². The van der Waals surface area contributed by atoms with Crippen LogP contribution < -0.4 is 14.4 Å². The molecule has 1 saturated heterocycles. The quantitative estimate of drug-likeness (QED) is 0.373. The fraction of sp³-hybridized carbons (Fsp3) is 0.160. The number of aliphatic hydroxyl groups excluding tert-OH is 1. The van der Waals surface area contributed by atoms with Gasteiger partial charge in [-0.3, -0.25) is 19.5 Å². The largest absolute Gasteiger partial charge is 0.507 e. The zero-order chi connectivity index (χ0) is 22.8. The Balaban J connectivity index is 1.91. The highest BCUT2D eigenvalue weighted by Gasteiger charge is 2.47. The molecule has 0 saturated carbocycles. The number of aryl methyl sites for hydroxylation is 1. The molecule has 0 bridgehead atoms. The van der Waals surface area contributed by atoms with Crippen LogP contribution in [0.25, 0.3) is 5.76 Å². The second-order valence-electron chi connectivity index (χ2n) is 7.33. The number of rotatable bonds is 5. The summed E-state index contributed by atoms with van der Waals surface area (Å²) in [6, 6.07) is 14.6. The molecular formula is C25H22N2O5. The molecule has 1 fully saturated rings. The third kappa shape index (κ3) is 3.58. The normalized spacial score (nSPS) is 17.5. The van der Waals surface area contributed by atoms with E-state index in [9.17, 15) is 14.7 Å². The van der Waals surface area contributed by atoms with E-state index in [0.29, 0.717) is 33.9 Å². The average molecular weight is 430 g/mol. The van der Waals surface area contributed by atoms with Gasteiger partial charge in [0.05, 0.1) is 25.8 Å². The van der Waals surface area contributed by atoms with Gasteiger partial charge in [-0.25, -0.2) is 0 Å². The molecule has 7 nitrogen and oxygen atoms in total. The summed E-state index contributed by atoms with van der Waals surface area (Å²) < 4.78 is 10.4. The summed E-state index contributed by atoms with van der Waals surface area (Å²) in [6.45, 7) is 1.80. The van der Waals surface area contributed by atoms with Crippen molar-refractivity contribution >= 4 is 23.1 Å². The summed E-state index contributed by atoms with van der Waals surface area (Å²) >= 11 is 0. The maximum Gasteiger partial charge on any atom is 0.300 e. The number of ketones is 1. The molecule has 3 aromatic rings. The summed E-state index contributed by atoms with van der Waals surface area (Å²) in [6.07, 6.45) is 3.17. The Morgan fingerprint density at radius 1 is 0.938 bits per heavy atom. The molecule has 4 rings (SSSR count). The van der Waals surface area contributed by atoms with Gasteiger partial charge in [-0.1, -0.05) is 0 Å². The van der Waals surface area contributed by atoms with Gasteiger partial charge in [-0.15, -0.1) is 0 Å². The molecule has 162 valence electrons. The summed E-state index contributed by atoms with van der Waals surface area (Å²) in [5.41, 5.74) is 2.36. The van der Waals surface area contributed by atoms with Crippen molar-refractivity contribution in [2.45, 2.75) is 13.0 Å². The van der Waals surface area contributed by atoms with Gasteiger partial charge in [0.1, 0.15) is 17.3 Å². The molecule has 7 heteroatoms. The lowest BCUT2D eigenvalue weighted by atomic mass is 9.94. The summed E-state index contributed by atoms with van der Waals surface area (Å²) in [5, 5.41) is 11.2. The number of nitrogens with zero attached hydrogens (tertiary/aromatic N) is 2. The van der Waals surface area contributed by atoms with Crippen molar-refractivity contribution in [3.05, 3.63) is 89.3 Å². The molecule has 1 aliphatic rings. The smallest absolute Gasteiger partial charge is 0.300 e.